The SMILES string of the molecule is CCNC(=O)CO/C=C/OCCNC(=O)COCCOCCNC(=O)CC[C@H](NC(=O)CCCCCCCCCCCCCCCCC(=O)O)C(=O)O. The highest BCUT2D eigenvalue weighted by atomic mass is 16.5. The molecule has 0 aliphatic rings. The van der Waals surface area contributed by atoms with Gasteiger partial charge in [0.25, 0.3) is 5.91 Å². The molecule has 0 saturated carbocycles. The first-order chi connectivity index (χ1) is 25.6. The van der Waals surface area contributed by atoms with Crippen LogP contribution in [-0.4, -0.2) is 111 Å². The van der Waals surface area contributed by atoms with Crippen molar-refractivity contribution in [1.29, 1.82) is 0 Å². The lowest BCUT2D eigenvalue weighted by molar-refractivity contribution is -0.142. The molecule has 0 rings (SSSR count). The minimum Gasteiger partial charge on any atom is -0.496 e. The number of likely N-dealkylation sites (N-methyl/N-ethyl adjacent to an activating group) is 1. The zero-order valence-corrected chi connectivity index (χ0v) is 31.8. The van der Waals surface area contributed by atoms with Gasteiger partial charge in [-0.3, -0.25) is 24.0 Å². The van der Waals surface area contributed by atoms with Crippen LogP contribution in [0.2, 0.25) is 0 Å². The van der Waals surface area contributed by atoms with Gasteiger partial charge in [0.2, 0.25) is 17.7 Å². The molecule has 0 radical (unpaired) electrons. The molecule has 53 heavy (non-hydrogen) atoms. The van der Waals surface area contributed by atoms with Gasteiger partial charge in [-0.15, -0.1) is 0 Å². The monoisotopic (exact) mass is 758 g/mol. The van der Waals surface area contributed by atoms with Crippen LogP contribution in [-0.2, 0) is 47.7 Å². The number of hydrogen-bond acceptors (Lipinski definition) is 10. The van der Waals surface area contributed by atoms with Crippen LogP contribution in [0.1, 0.15) is 122 Å². The predicted octanol–water partition coefficient (Wildman–Crippen LogP) is 3.57. The lowest BCUT2D eigenvalue weighted by atomic mass is 10.0. The maximum absolute atomic E-state index is 12.3. The number of nitrogens with one attached hydrogen (secondary N) is 4. The molecule has 0 saturated heterocycles. The lowest BCUT2D eigenvalue weighted by Crippen LogP contribution is -2.41. The van der Waals surface area contributed by atoms with E-state index >= 15 is 0 Å². The summed E-state index contributed by atoms with van der Waals surface area (Å²) in [6.45, 7) is 3.34. The minimum absolute atomic E-state index is 0.0209. The van der Waals surface area contributed by atoms with Crippen molar-refractivity contribution in [3.05, 3.63) is 12.5 Å². The maximum Gasteiger partial charge on any atom is 0.326 e. The third-order valence-corrected chi connectivity index (χ3v) is 7.89. The average Bonchev–Trinajstić information content (AvgIpc) is 3.11. The highest BCUT2D eigenvalue weighted by Gasteiger charge is 2.20. The van der Waals surface area contributed by atoms with Gasteiger partial charge in [0, 0.05) is 32.4 Å². The number of hydrogen-bond donors (Lipinski definition) is 6. The van der Waals surface area contributed by atoms with Gasteiger partial charge in [-0.2, -0.15) is 0 Å². The van der Waals surface area contributed by atoms with E-state index in [1.807, 2.05) is 0 Å². The molecule has 16 nitrogen and oxygen atoms in total. The Hall–Kier alpha value is -3.92. The molecule has 0 unspecified atom stereocenters. The van der Waals surface area contributed by atoms with Crippen LogP contribution in [0.4, 0.5) is 0 Å². The van der Waals surface area contributed by atoms with Crippen molar-refractivity contribution in [2.24, 2.45) is 0 Å². The number of unbranched alkanes of at least 4 members (excludes halogenated alkanes) is 13. The lowest BCUT2D eigenvalue weighted by Gasteiger charge is -2.14. The molecule has 4 amide bonds. The molecule has 0 aliphatic heterocycles. The van der Waals surface area contributed by atoms with Crippen molar-refractivity contribution >= 4 is 35.6 Å². The van der Waals surface area contributed by atoms with E-state index in [0.717, 1.165) is 38.5 Å². The molecule has 0 fully saturated rings. The normalized spacial score (nSPS) is 11.5. The summed E-state index contributed by atoms with van der Waals surface area (Å²) in [7, 11) is 0. The quantitative estimate of drug-likeness (QED) is 0.0393. The Labute approximate surface area is 314 Å². The van der Waals surface area contributed by atoms with E-state index in [1.54, 1.807) is 6.92 Å². The molecule has 6 N–H and O–H groups in total. The van der Waals surface area contributed by atoms with E-state index in [1.165, 1.54) is 57.5 Å². The third-order valence-electron chi connectivity index (χ3n) is 7.89. The first-order valence-corrected chi connectivity index (χ1v) is 19.2. The molecule has 0 aromatic heterocycles. The molecule has 306 valence electrons. The van der Waals surface area contributed by atoms with Crippen LogP contribution in [0.3, 0.4) is 0 Å². The molecule has 0 heterocycles. The zero-order valence-electron chi connectivity index (χ0n) is 31.8. The highest BCUT2D eigenvalue weighted by Crippen LogP contribution is 2.14. The highest BCUT2D eigenvalue weighted by molar-refractivity contribution is 5.84. The number of carboxylic acid groups (broad SMARTS) is 2. The van der Waals surface area contributed by atoms with E-state index in [9.17, 15) is 33.9 Å². The second-order valence-corrected chi connectivity index (χ2v) is 12.6. The fourth-order valence-corrected chi connectivity index (χ4v) is 5.04. The molecular weight excluding hydrogens is 692 g/mol. The summed E-state index contributed by atoms with van der Waals surface area (Å²) in [6, 6.07) is -1.13. The average molecular weight is 759 g/mol. The summed E-state index contributed by atoms with van der Waals surface area (Å²) >= 11 is 0. The second-order valence-electron chi connectivity index (χ2n) is 12.6. The van der Waals surface area contributed by atoms with Gasteiger partial charge in [0.1, 0.15) is 31.8 Å². The van der Waals surface area contributed by atoms with Crippen LogP contribution < -0.4 is 21.3 Å². The van der Waals surface area contributed by atoms with Gasteiger partial charge in [-0.1, -0.05) is 77.0 Å². The fourth-order valence-electron chi connectivity index (χ4n) is 5.04. The fraction of sp³-hybridized carbons (Fsp3) is 0.784. The summed E-state index contributed by atoms with van der Waals surface area (Å²) in [5.74, 6) is -3.13. The Morgan fingerprint density at radius 2 is 1.04 bits per heavy atom. The molecule has 0 spiro atoms. The van der Waals surface area contributed by atoms with Crippen molar-refractivity contribution in [2.45, 2.75) is 129 Å². The summed E-state index contributed by atoms with van der Waals surface area (Å²) in [5, 5.41) is 28.5. The topological polar surface area (TPSA) is 228 Å². The van der Waals surface area contributed by atoms with E-state index < -0.39 is 18.0 Å². The van der Waals surface area contributed by atoms with Crippen LogP contribution in [0, 0.1) is 0 Å². The molecule has 16 heteroatoms. The Kier molecular flexibility index (Phi) is 33.7. The van der Waals surface area contributed by atoms with Crippen molar-refractivity contribution in [1.82, 2.24) is 21.3 Å². The van der Waals surface area contributed by atoms with Crippen LogP contribution >= 0.6 is 0 Å². The summed E-state index contributed by atoms with van der Waals surface area (Å²) in [6.07, 6.45) is 18.1. The molecular formula is C37H66N4O12. The third kappa shape index (κ3) is 36.2. The summed E-state index contributed by atoms with van der Waals surface area (Å²) in [5.41, 5.74) is 0. The van der Waals surface area contributed by atoms with Crippen molar-refractivity contribution in [3.63, 3.8) is 0 Å². The molecule has 0 aromatic rings. The number of carboxylic acids is 2. The van der Waals surface area contributed by atoms with Crippen LogP contribution in [0.25, 0.3) is 0 Å². The maximum atomic E-state index is 12.3. The van der Waals surface area contributed by atoms with Gasteiger partial charge < -0.3 is 50.4 Å². The number of carbonyl (C=O) groups excluding carboxylic acids is 4. The van der Waals surface area contributed by atoms with Gasteiger partial charge in [0.05, 0.1) is 26.4 Å². The van der Waals surface area contributed by atoms with E-state index in [0.29, 0.717) is 13.0 Å². The molecule has 0 aliphatic carbocycles. The Morgan fingerprint density at radius 3 is 1.62 bits per heavy atom. The zero-order chi connectivity index (χ0) is 39.2. The van der Waals surface area contributed by atoms with E-state index in [-0.39, 0.29) is 102 Å². The van der Waals surface area contributed by atoms with Gasteiger partial charge in [-0.05, 0) is 26.2 Å². The Balaban J connectivity index is 3.69. The molecule has 1 atom stereocenters. The Morgan fingerprint density at radius 1 is 0.528 bits per heavy atom. The summed E-state index contributed by atoms with van der Waals surface area (Å²) < 4.78 is 20.7. The minimum atomic E-state index is -1.18. The Bertz CT molecular complexity index is 1030. The van der Waals surface area contributed by atoms with Crippen LogP contribution in [0.15, 0.2) is 12.5 Å². The number of rotatable bonds is 38. The van der Waals surface area contributed by atoms with E-state index in [4.69, 9.17) is 24.1 Å². The van der Waals surface area contributed by atoms with Gasteiger partial charge in [-0.25, -0.2) is 4.79 Å². The predicted molar refractivity (Wildman–Crippen MR) is 198 cm³/mol. The standard InChI is InChI=1S/C37H66N4O12/c1-2-38-34(44)29-52-27-25-51-24-22-40-35(45)30-53-28-26-50-23-21-39-32(42)20-19-31(37(48)49)41-33(43)17-15-13-11-9-7-5-3-4-6-8-10-12-14-16-18-36(46)47/h25,27,31H,2-24,26,28-30H2,1H3,(H,38,44)(H,39,42)(H,40,45)(H,41,43)(H,46,47)(H,48,49)/b27-25+/t31-/m0/s1. The second kappa shape index (κ2) is 36.4. The van der Waals surface area contributed by atoms with Gasteiger partial charge >= 0.3 is 11.9 Å². The van der Waals surface area contributed by atoms with Gasteiger partial charge in [0.15, 0.2) is 6.61 Å². The number of carbonyl (C=O) groups is 6. The molecule has 0 aromatic carbocycles. The van der Waals surface area contributed by atoms with Crippen LogP contribution in [0.5, 0.6) is 0 Å². The van der Waals surface area contributed by atoms with Crippen molar-refractivity contribution in [2.75, 3.05) is 59.3 Å². The molecule has 0 bridgehead atoms. The van der Waals surface area contributed by atoms with Crippen molar-refractivity contribution in [3.8, 4) is 0 Å². The largest absolute Gasteiger partial charge is 0.496 e. The first-order valence-electron chi connectivity index (χ1n) is 19.2. The van der Waals surface area contributed by atoms with E-state index in [2.05, 4.69) is 21.3 Å². The number of amides is 4. The smallest absolute Gasteiger partial charge is 0.326 e. The summed E-state index contributed by atoms with van der Waals surface area (Å²) in [4.78, 5) is 69.5. The van der Waals surface area contributed by atoms with Crippen molar-refractivity contribution < 1.29 is 57.9 Å². The number of ether oxygens (including phenoxy) is 4. The first kappa shape index (κ1) is 49.1. The number of aliphatic carboxylic acids is 2.